The molecule has 1 saturated heterocycles. The highest BCUT2D eigenvalue weighted by Crippen LogP contribution is 2.33. The molecule has 4 rings (SSSR count). The van der Waals surface area contributed by atoms with Crippen molar-refractivity contribution in [1.29, 1.82) is 0 Å². The molecule has 0 saturated carbocycles. The van der Waals surface area contributed by atoms with Gasteiger partial charge in [0.05, 0.1) is 6.54 Å². The third kappa shape index (κ3) is 3.87. The Kier molecular flexibility index (Phi) is 4.85. The summed E-state index contributed by atoms with van der Waals surface area (Å²) in [6.45, 7) is 3.16. The number of hydrogen-bond acceptors (Lipinski definition) is 7. The lowest BCUT2D eigenvalue weighted by atomic mass is 10.0. The molecule has 0 aliphatic carbocycles. The van der Waals surface area contributed by atoms with Gasteiger partial charge in [0.25, 0.3) is 0 Å². The second-order valence-corrected chi connectivity index (χ2v) is 6.50. The maximum Gasteiger partial charge on any atom is 0.224 e. The van der Waals surface area contributed by atoms with Crippen LogP contribution >= 0.6 is 0 Å². The Labute approximate surface area is 151 Å². The predicted octanol–water partition coefficient (Wildman–Crippen LogP) is 0.937. The van der Waals surface area contributed by atoms with Gasteiger partial charge in [0, 0.05) is 37.3 Å². The van der Waals surface area contributed by atoms with Gasteiger partial charge in [0.15, 0.2) is 11.5 Å². The number of rotatable bonds is 5. The van der Waals surface area contributed by atoms with Crippen molar-refractivity contribution in [3.63, 3.8) is 0 Å². The zero-order valence-electron chi connectivity index (χ0n) is 14.5. The van der Waals surface area contributed by atoms with Crippen molar-refractivity contribution in [2.24, 2.45) is 0 Å². The first-order valence-corrected chi connectivity index (χ1v) is 8.93. The molecule has 1 amide bonds. The SMILES string of the molecule is O=C(CCn1cnnn1)N1CCC[C@H](Nc2ccc3c(c2)OCCO3)C1. The van der Waals surface area contributed by atoms with E-state index in [2.05, 4.69) is 20.8 Å². The van der Waals surface area contributed by atoms with E-state index < -0.39 is 0 Å². The van der Waals surface area contributed by atoms with Crippen molar-refractivity contribution in [2.45, 2.75) is 31.8 Å². The lowest BCUT2D eigenvalue weighted by Gasteiger charge is -2.34. The minimum Gasteiger partial charge on any atom is -0.486 e. The largest absolute Gasteiger partial charge is 0.486 e. The number of likely N-dealkylation sites (tertiary alicyclic amines) is 1. The number of nitrogens with zero attached hydrogens (tertiary/aromatic N) is 5. The number of piperidine rings is 1. The normalized spacial score (nSPS) is 19.2. The summed E-state index contributed by atoms with van der Waals surface area (Å²) in [7, 11) is 0. The summed E-state index contributed by atoms with van der Waals surface area (Å²) in [4.78, 5) is 14.4. The minimum atomic E-state index is 0.133. The third-order valence-corrected chi connectivity index (χ3v) is 4.63. The van der Waals surface area contributed by atoms with Crippen molar-refractivity contribution < 1.29 is 14.3 Å². The van der Waals surface area contributed by atoms with Crippen LogP contribution in [-0.4, -0.2) is 63.4 Å². The highest BCUT2D eigenvalue weighted by atomic mass is 16.6. The molecule has 1 N–H and O–H groups in total. The molecule has 2 aliphatic rings. The summed E-state index contributed by atoms with van der Waals surface area (Å²) in [6.07, 6.45) is 3.95. The predicted molar refractivity (Wildman–Crippen MR) is 93.1 cm³/mol. The van der Waals surface area contributed by atoms with E-state index in [0.29, 0.717) is 32.7 Å². The van der Waals surface area contributed by atoms with Crippen LogP contribution in [0.25, 0.3) is 0 Å². The number of ether oxygens (including phenoxy) is 2. The molecule has 0 radical (unpaired) electrons. The molecule has 1 aromatic heterocycles. The summed E-state index contributed by atoms with van der Waals surface area (Å²) in [6, 6.07) is 6.11. The standard InChI is InChI=1S/C17H22N6O3/c24-17(5-7-23-12-18-20-21-23)22-6-1-2-14(11-22)19-13-3-4-15-16(10-13)26-9-8-25-15/h3-4,10,12,14,19H,1-2,5-9,11H2/t14-/m0/s1. The molecule has 9 nitrogen and oxygen atoms in total. The number of carbonyl (C=O) groups excluding carboxylic acids is 1. The van der Waals surface area contributed by atoms with Crippen LogP contribution in [0.3, 0.4) is 0 Å². The highest BCUT2D eigenvalue weighted by molar-refractivity contribution is 5.76. The smallest absolute Gasteiger partial charge is 0.224 e. The van der Waals surface area contributed by atoms with Gasteiger partial charge in [-0.3, -0.25) is 4.79 Å². The molecule has 0 bridgehead atoms. The summed E-state index contributed by atoms with van der Waals surface area (Å²) >= 11 is 0. The Bertz CT molecular complexity index is 751. The summed E-state index contributed by atoms with van der Waals surface area (Å²) in [5, 5.41) is 14.5. The first-order chi connectivity index (χ1) is 12.8. The van der Waals surface area contributed by atoms with Gasteiger partial charge in [0.1, 0.15) is 19.5 Å². The molecule has 1 atom stereocenters. The fourth-order valence-corrected chi connectivity index (χ4v) is 3.34. The van der Waals surface area contributed by atoms with Gasteiger partial charge in [-0.15, -0.1) is 5.10 Å². The molecular formula is C17H22N6O3. The fourth-order valence-electron chi connectivity index (χ4n) is 3.34. The zero-order valence-corrected chi connectivity index (χ0v) is 14.5. The zero-order chi connectivity index (χ0) is 17.8. The molecule has 1 fully saturated rings. The second kappa shape index (κ2) is 7.59. The number of benzene rings is 1. The summed E-state index contributed by atoms with van der Waals surface area (Å²) in [5.41, 5.74) is 0.988. The number of amides is 1. The number of aromatic nitrogens is 4. The Morgan fingerprint density at radius 2 is 2.15 bits per heavy atom. The number of anilines is 1. The number of hydrogen-bond donors (Lipinski definition) is 1. The summed E-state index contributed by atoms with van der Waals surface area (Å²) < 4.78 is 12.8. The van der Waals surface area contributed by atoms with Crippen LogP contribution in [0.5, 0.6) is 11.5 Å². The number of tetrazole rings is 1. The molecule has 0 unspecified atom stereocenters. The maximum absolute atomic E-state index is 12.5. The van der Waals surface area contributed by atoms with Crippen molar-refractivity contribution >= 4 is 11.6 Å². The Hall–Kier alpha value is -2.84. The second-order valence-electron chi connectivity index (χ2n) is 6.50. The van der Waals surface area contributed by atoms with Crippen molar-refractivity contribution in [3.05, 3.63) is 24.5 Å². The van der Waals surface area contributed by atoms with Gasteiger partial charge in [-0.25, -0.2) is 4.68 Å². The number of aryl methyl sites for hydroxylation is 1. The average molecular weight is 358 g/mol. The molecular weight excluding hydrogens is 336 g/mol. The summed E-state index contributed by atoms with van der Waals surface area (Å²) in [5.74, 6) is 1.69. The maximum atomic E-state index is 12.5. The number of carbonyl (C=O) groups is 1. The van der Waals surface area contributed by atoms with Crippen LogP contribution < -0.4 is 14.8 Å². The first-order valence-electron chi connectivity index (χ1n) is 8.93. The minimum absolute atomic E-state index is 0.133. The van der Waals surface area contributed by atoms with Gasteiger partial charge in [-0.05, 0) is 35.4 Å². The van der Waals surface area contributed by atoms with Crippen LogP contribution in [0.1, 0.15) is 19.3 Å². The molecule has 2 aromatic rings. The van der Waals surface area contributed by atoms with Crippen LogP contribution in [0, 0.1) is 0 Å². The number of nitrogens with one attached hydrogen (secondary N) is 1. The number of fused-ring (bicyclic) bond motifs is 1. The molecule has 1 aromatic carbocycles. The van der Waals surface area contributed by atoms with E-state index in [-0.39, 0.29) is 11.9 Å². The molecule has 9 heteroatoms. The van der Waals surface area contributed by atoms with Gasteiger partial charge in [-0.2, -0.15) is 0 Å². The average Bonchev–Trinajstić information content (AvgIpc) is 3.20. The topological polar surface area (TPSA) is 94.4 Å². The van der Waals surface area contributed by atoms with E-state index in [1.54, 1.807) is 4.68 Å². The Morgan fingerprint density at radius 3 is 3.00 bits per heavy atom. The van der Waals surface area contributed by atoms with Gasteiger partial charge in [0.2, 0.25) is 5.91 Å². The molecule has 2 aliphatic heterocycles. The van der Waals surface area contributed by atoms with Crippen LogP contribution in [-0.2, 0) is 11.3 Å². The third-order valence-electron chi connectivity index (χ3n) is 4.63. The fraction of sp³-hybridized carbons (Fsp3) is 0.529. The lowest BCUT2D eigenvalue weighted by molar-refractivity contribution is -0.132. The van der Waals surface area contributed by atoms with Crippen molar-refractivity contribution in [3.8, 4) is 11.5 Å². The van der Waals surface area contributed by atoms with Crippen LogP contribution in [0.15, 0.2) is 24.5 Å². The van der Waals surface area contributed by atoms with E-state index in [1.807, 2.05) is 23.1 Å². The monoisotopic (exact) mass is 358 g/mol. The first kappa shape index (κ1) is 16.6. The van der Waals surface area contributed by atoms with Gasteiger partial charge in [-0.1, -0.05) is 0 Å². The highest BCUT2D eigenvalue weighted by Gasteiger charge is 2.24. The van der Waals surface area contributed by atoms with Gasteiger partial charge >= 0.3 is 0 Å². The molecule has 138 valence electrons. The quantitative estimate of drug-likeness (QED) is 0.850. The van der Waals surface area contributed by atoms with E-state index in [0.717, 1.165) is 36.6 Å². The van der Waals surface area contributed by atoms with E-state index >= 15 is 0 Å². The van der Waals surface area contributed by atoms with Gasteiger partial charge < -0.3 is 19.7 Å². The molecule has 0 spiro atoms. The molecule has 3 heterocycles. The van der Waals surface area contributed by atoms with Crippen LogP contribution in [0.4, 0.5) is 5.69 Å². The van der Waals surface area contributed by atoms with E-state index in [4.69, 9.17) is 9.47 Å². The van der Waals surface area contributed by atoms with Crippen molar-refractivity contribution in [1.82, 2.24) is 25.1 Å². The van der Waals surface area contributed by atoms with Crippen molar-refractivity contribution in [2.75, 3.05) is 31.6 Å². The Morgan fingerprint density at radius 1 is 1.27 bits per heavy atom. The van der Waals surface area contributed by atoms with E-state index in [9.17, 15) is 4.79 Å². The van der Waals surface area contributed by atoms with E-state index in [1.165, 1.54) is 6.33 Å². The van der Waals surface area contributed by atoms with Crippen LogP contribution in [0.2, 0.25) is 0 Å². The Balaban J connectivity index is 1.32. The lowest BCUT2D eigenvalue weighted by Crippen LogP contribution is -2.45. The molecule has 26 heavy (non-hydrogen) atoms.